The minimum absolute atomic E-state index is 0.258. The van der Waals surface area contributed by atoms with Crippen molar-refractivity contribution in [2.75, 3.05) is 24.6 Å². The van der Waals surface area contributed by atoms with Crippen molar-refractivity contribution >= 4 is 5.69 Å². The molecule has 4 heterocycles. The fraction of sp³-hybridized carbons (Fsp3) is 0.650. The van der Waals surface area contributed by atoms with Crippen LogP contribution in [-0.4, -0.2) is 45.8 Å². The van der Waals surface area contributed by atoms with Gasteiger partial charge in [-0.05, 0) is 42.7 Å². The second kappa shape index (κ2) is 6.99. The molecular formula is C20H29N5O. The SMILES string of the molecule is CCc1cc(N2CC(C)(C)C2)cnc1-c1cn(C[C@H]2CCCCO2)nn1. The van der Waals surface area contributed by atoms with Crippen LogP contribution in [0.25, 0.3) is 11.4 Å². The first-order chi connectivity index (χ1) is 12.5. The highest BCUT2D eigenvalue weighted by molar-refractivity contribution is 5.62. The summed E-state index contributed by atoms with van der Waals surface area (Å²) in [5, 5.41) is 8.68. The Labute approximate surface area is 155 Å². The number of nitrogens with zero attached hydrogens (tertiary/aromatic N) is 5. The van der Waals surface area contributed by atoms with Gasteiger partial charge in [-0.3, -0.25) is 4.98 Å². The quantitative estimate of drug-likeness (QED) is 0.823. The van der Waals surface area contributed by atoms with Crippen molar-refractivity contribution in [1.29, 1.82) is 0 Å². The molecule has 26 heavy (non-hydrogen) atoms. The summed E-state index contributed by atoms with van der Waals surface area (Å²) < 4.78 is 7.71. The lowest BCUT2D eigenvalue weighted by atomic mass is 9.84. The van der Waals surface area contributed by atoms with Gasteiger partial charge < -0.3 is 9.64 Å². The highest BCUT2D eigenvalue weighted by Gasteiger charge is 2.34. The molecule has 0 saturated carbocycles. The van der Waals surface area contributed by atoms with Gasteiger partial charge in [-0.25, -0.2) is 4.68 Å². The van der Waals surface area contributed by atoms with Gasteiger partial charge in [-0.2, -0.15) is 0 Å². The van der Waals surface area contributed by atoms with Crippen LogP contribution in [0, 0.1) is 5.41 Å². The van der Waals surface area contributed by atoms with E-state index in [9.17, 15) is 0 Å². The molecular weight excluding hydrogens is 326 g/mol. The van der Waals surface area contributed by atoms with Gasteiger partial charge in [-0.1, -0.05) is 26.0 Å². The van der Waals surface area contributed by atoms with Crippen LogP contribution in [0.15, 0.2) is 18.5 Å². The molecule has 0 aromatic carbocycles. The zero-order chi connectivity index (χ0) is 18.1. The standard InChI is InChI=1S/C20H29N5O/c1-4-15-9-16(24-13-20(2,3)14-24)10-21-19(15)18-12-25(23-22-18)11-17-7-5-6-8-26-17/h9-10,12,17H,4-8,11,13-14H2,1-3H3/t17-/m1/s1. The number of anilines is 1. The second-order valence-electron chi connectivity index (χ2n) is 8.39. The summed E-state index contributed by atoms with van der Waals surface area (Å²) in [5.74, 6) is 0. The summed E-state index contributed by atoms with van der Waals surface area (Å²) in [6, 6.07) is 2.26. The Morgan fingerprint density at radius 3 is 2.81 bits per heavy atom. The number of aromatic nitrogens is 4. The third-order valence-electron chi connectivity index (χ3n) is 5.38. The normalized spacial score (nSPS) is 22.3. The van der Waals surface area contributed by atoms with E-state index in [-0.39, 0.29) is 6.10 Å². The van der Waals surface area contributed by atoms with Crippen molar-refractivity contribution in [3.63, 3.8) is 0 Å². The van der Waals surface area contributed by atoms with Gasteiger partial charge in [0.05, 0.1) is 36.4 Å². The molecule has 0 amide bonds. The summed E-state index contributed by atoms with van der Waals surface area (Å²) in [6.45, 7) is 10.6. The van der Waals surface area contributed by atoms with E-state index < -0.39 is 0 Å². The van der Waals surface area contributed by atoms with Crippen LogP contribution in [0.4, 0.5) is 5.69 Å². The van der Waals surface area contributed by atoms with E-state index in [4.69, 9.17) is 9.72 Å². The molecule has 2 aliphatic heterocycles. The average molecular weight is 355 g/mol. The first kappa shape index (κ1) is 17.5. The second-order valence-corrected chi connectivity index (χ2v) is 8.39. The average Bonchev–Trinajstić information content (AvgIpc) is 3.08. The summed E-state index contributed by atoms with van der Waals surface area (Å²) in [7, 11) is 0. The van der Waals surface area contributed by atoms with Crippen molar-refractivity contribution < 1.29 is 4.74 Å². The number of aryl methyl sites for hydroxylation is 1. The van der Waals surface area contributed by atoms with E-state index in [0.29, 0.717) is 5.41 Å². The molecule has 6 nitrogen and oxygen atoms in total. The molecule has 1 atom stereocenters. The topological polar surface area (TPSA) is 56.1 Å². The van der Waals surface area contributed by atoms with Crippen LogP contribution in [0.2, 0.25) is 0 Å². The molecule has 0 aliphatic carbocycles. The Bertz CT molecular complexity index is 755. The Kier molecular flexibility index (Phi) is 4.69. The van der Waals surface area contributed by atoms with E-state index >= 15 is 0 Å². The van der Waals surface area contributed by atoms with Crippen LogP contribution in [0.3, 0.4) is 0 Å². The third kappa shape index (κ3) is 3.61. The number of hydrogen-bond acceptors (Lipinski definition) is 5. The van der Waals surface area contributed by atoms with Crippen LogP contribution >= 0.6 is 0 Å². The zero-order valence-electron chi connectivity index (χ0n) is 16.1. The van der Waals surface area contributed by atoms with Gasteiger partial charge >= 0.3 is 0 Å². The molecule has 2 fully saturated rings. The van der Waals surface area contributed by atoms with Gasteiger partial charge in [0.25, 0.3) is 0 Å². The Hall–Kier alpha value is -1.95. The molecule has 0 radical (unpaired) electrons. The fourth-order valence-corrected chi connectivity index (χ4v) is 4.00. The monoisotopic (exact) mass is 355 g/mol. The number of rotatable bonds is 5. The van der Waals surface area contributed by atoms with Crippen molar-refractivity contribution in [3.05, 3.63) is 24.0 Å². The van der Waals surface area contributed by atoms with Crippen molar-refractivity contribution in [3.8, 4) is 11.4 Å². The van der Waals surface area contributed by atoms with Gasteiger partial charge in [-0.15, -0.1) is 5.10 Å². The lowest BCUT2D eigenvalue weighted by Gasteiger charge is -2.47. The van der Waals surface area contributed by atoms with Crippen LogP contribution in [-0.2, 0) is 17.7 Å². The maximum atomic E-state index is 5.81. The lowest BCUT2D eigenvalue weighted by Crippen LogP contribution is -2.53. The van der Waals surface area contributed by atoms with Crippen LogP contribution in [0.1, 0.15) is 45.6 Å². The molecule has 0 N–H and O–H groups in total. The van der Waals surface area contributed by atoms with Crippen molar-refractivity contribution in [2.24, 2.45) is 5.41 Å². The first-order valence-electron chi connectivity index (χ1n) is 9.80. The minimum atomic E-state index is 0.258. The summed E-state index contributed by atoms with van der Waals surface area (Å²) >= 11 is 0. The zero-order valence-corrected chi connectivity index (χ0v) is 16.1. The molecule has 140 valence electrons. The molecule has 0 unspecified atom stereocenters. The molecule has 2 aromatic heterocycles. The molecule has 2 aliphatic rings. The number of pyridine rings is 1. The summed E-state index contributed by atoms with van der Waals surface area (Å²) in [6.07, 6.45) is 8.69. The van der Waals surface area contributed by atoms with Crippen molar-refractivity contribution in [1.82, 2.24) is 20.0 Å². The highest BCUT2D eigenvalue weighted by Crippen LogP contribution is 2.34. The Morgan fingerprint density at radius 1 is 1.27 bits per heavy atom. The maximum Gasteiger partial charge on any atom is 0.131 e. The number of hydrogen-bond donors (Lipinski definition) is 0. The Morgan fingerprint density at radius 2 is 2.12 bits per heavy atom. The van der Waals surface area contributed by atoms with E-state index in [1.807, 2.05) is 17.1 Å². The molecule has 6 heteroatoms. The fourth-order valence-electron chi connectivity index (χ4n) is 4.00. The van der Waals surface area contributed by atoms with E-state index in [0.717, 1.165) is 50.5 Å². The maximum absolute atomic E-state index is 5.81. The first-order valence-corrected chi connectivity index (χ1v) is 9.80. The summed E-state index contributed by atoms with van der Waals surface area (Å²) in [4.78, 5) is 7.14. The van der Waals surface area contributed by atoms with Gasteiger partial charge in [0.2, 0.25) is 0 Å². The minimum Gasteiger partial charge on any atom is -0.376 e. The lowest BCUT2D eigenvalue weighted by molar-refractivity contribution is 0.00370. The molecule has 2 aromatic rings. The van der Waals surface area contributed by atoms with Gasteiger partial charge in [0.1, 0.15) is 5.69 Å². The highest BCUT2D eigenvalue weighted by atomic mass is 16.5. The van der Waals surface area contributed by atoms with E-state index in [2.05, 4.69) is 42.0 Å². The van der Waals surface area contributed by atoms with Crippen molar-refractivity contribution in [2.45, 2.75) is 59.1 Å². The van der Waals surface area contributed by atoms with Crippen LogP contribution < -0.4 is 4.90 Å². The van der Waals surface area contributed by atoms with Gasteiger partial charge in [0.15, 0.2) is 0 Å². The Balaban J connectivity index is 1.50. The van der Waals surface area contributed by atoms with Gasteiger partial charge in [0, 0.05) is 19.7 Å². The smallest absolute Gasteiger partial charge is 0.131 e. The summed E-state index contributed by atoms with van der Waals surface area (Å²) in [5.41, 5.74) is 4.66. The van der Waals surface area contributed by atoms with E-state index in [1.165, 1.54) is 24.1 Å². The van der Waals surface area contributed by atoms with E-state index in [1.54, 1.807) is 0 Å². The molecule has 4 rings (SSSR count). The third-order valence-corrected chi connectivity index (χ3v) is 5.38. The molecule has 0 bridgehead atoms. The molecule has 2 saturated heterocycles. The van der Waals surface area contributed by atoms with Crippen LogP contribution in [0.5, 0.6) is 0 Å². The predicted octanol–water partition coefficient (Wildman–Crippen LogP) is 3.32. The number of ether oxygens (including phenoxy) is 1. The largest absolute Gasteiger partial charge is 0.376 e. The molecule has 0 spiro atoms. The predicted molar refractivity (Wildman–Crippen MR) is 102 cm³/mol.